The van der Waals surface area contributed by atoms with Crippen molar-refractivity contribution in [2.45, 2.75) is 46.0 Å². The molecule has 1 heterocycles. The first kappa shape index (κ1) is 20.7. The van der Waals surface area contributed by atoms with Crippen molar-refractivity contribution in [1.29, 1.82) is 0 Å². The van der Waals surface area contributed by atoms with Crippen molar-refractivity contribution >= 4 is 11.6 Å². The third-order valence-corrected chi connectivity index (χ3v) is 4.88. The summed E-state index contributed by atoms with van der Waals surface area (Å²) in [6.07, 6.45) is 0.493. The lowest BCUT2D eigenvalue weighted by Crippen LogP contribution is -2.41. The molecular formula is C21H35N3O2. The predicted octanol–water partition coefficient (Wildman–Crippen LogP) is 3.18. The SMILES string of the molecule is CC(C)c1cccc(C(C)C)c1NCCC(=O)NCCN1CCOCC1. The maximum atomic E-state index is 12.1. The maximum absolute atomic E-state index is 12.1. The maximum Gasteiger partial charge on any atom is 0.221 e. The summed E-state index contributed by atoms with van der Waals surface area (Å²) in [5.41, 5.74) is 3.85. The Morgan fingerprint density at radius 3 is 2.27 bits per heavy atom. The Labute approximate surface area is 158 Å². The fourth-order valence-corrected chi connectivity index (χ4v) is 3.32. The van der Waals surface area contributed by atoms with Crippen LogP contribution in [-0.2, 0) is 9.53 Å². The Morgan fingerprint density at radius 1 is 1.08 bits per heavy atom. The molecule has 0 saturated carbocycles. The minimum Gasteiger partial charge on any atom is -0.384 e. The summed E-state index contributed by atoms with van der Waals surface area (Å²) in [5.74, 6) is 1.02. The molecule has 1 aromatic rings. The van der Waals surface area contributed by atoms with Gasteiger partial charge in [-0.2, -0.15) is 0 Å². The van der Waals surface area contributed by atoms with E-state index in [1.54, 1.807) is 0 Å². The Bertz CT molecular complexity index is 540. The first-order valence-electron chi connectivity index (χ1n) is 9.92. The van der Waals surface area contributed by atoms with Gasteiger partial charge in [0.05, 0.1) is 13.2 Å². The number of anilines is 1. The average molecular weight is 362 g/mol. The van der Waals surface area contributed by atoms with Crippen LogP contribution in [0.1, 0.15) is 57.1 Å². The van der Waals surface area contributed by atoms with Gasteiger partial charge in [0, 0.05) is 44.8 Å². The number of carbonyl (C=O) groups is 1. The molecule has 0 spiro atoms. The van der Waals surface area contributed by atoms with Gasteiger partial charge in [-0.1, -0.05) is 45.9 Å². The third kappa shape index (κ3) is 6.29. The summed E-state index contributed by atoms with van der Waals surface area (Å²) in [6, 6.07) is 6.50. The van der Waals surface area contributed by atoms with Crippen LogP contribution < -0.4 is 10.6 Å². The molecule has 0 atom stereocenters. The monoisotopic (exact) mass is 361 g/mol. The molecule has 0 aromatic heterocycles. The number of hydrogen-bond donors (Lipinski definition) is 2. The molecule has 1 aliphatic rings. The van der Waals surface area contributed by atoms with Crippen LogP contribution in [0.25, 0.3) is 0 Å². The fourth-order valence-electron chi connectivity index (χ4n) is 3.32. The molecule has 2 N–H and O–H groups in total. The molecule has 1 fully saturated rings. The number of nitrogens with zero attached hydrogens (tertiary/aromatic N) is 1. The highest BCUT2D eigenvalue weighted by Gasteiger charge is 2.14. The second kappa shape index (κ2) is 10.5. The summed E-state index contributed by atoms with van der Waals surface area (Å²) in [5, 5.41) is 6.56. The zero-order valence-electron chi connectivity index (χ0n) is 16.8. The van der Waals surface area contributed by atoms with Crippen molar-refractivity contribution in [1.82, 2.24) is 10.2 Å². The van der Waals surface area contributed by atoms with Gasteiger partial charge < -0.3 is 15.4 Å². The number of carbonyl (C=O) groups excluding carboxylic acids is 1. The number of amides is 1. The Kier molecular flexibility index (Phi) is 8.39. The molecule has 5 heteroatoms. The first-order chi connectivity index (χ1) is 12.5. The van der Waals surface area contributed by atoms with Crippen LogP contribution >= 0.6 is 0 Å². The number of benzene rings is 1. The van der Waals surface area contributed by atoms with Crippen LogP contribution in [0, 0.1) is 0 Å². The normalized spacial score (nSPS) is 15.5. The van der Waals surface area contributed by atoms with E-state index in [2.05, 4.69) is 61.4 Å². The lowest BCUT2D eigenvalue weighted by atomic mass is 9.92. The Hall–Kier alpha value is -1.59. The van der Waals surface area contributed by atoms with Gasteiger partial charge in [0.15, 0.2) is 0 Å². The molecule has 0 radical (unpaired) electrons. The Morgan fingerprint density at radius 2 is 1.69 bits per heavy atom. The zero-order valence-corrected chi connectivity index (χ0v) is 16.8. The topological polar surface area (TPSA) is 53.6 Å². The second-order valence-corrected chi connectivity index (χ2v) is 7.60. The fraction of sp³-hybridized carbons (Fsp3) is 0.667. The molecule has 1 saturated heterocycles. The smallest absolute Gasteiger partial charge is 0.221 e. The van der Waals surface area contributed by atoms with Gasteiger partial charge in [-0.3, -0.25) is 9.69 Å². The second-order valence-electron chi connectivity index (χ2n) is 7.60. The van der Waals surface area contributed by atoms with Crippen molar-refractivity contribution in [2.24, 2.45) is 0 Å². The van der Waals surface area contributed by atoms with E-state index in [0.717, 1.165) is 32.8 Å². The summed E-state index contributed by atoms with van der Waals surface area (Å²) < 4.78 is 5.34. The summed E-state index contributed by atoms with van der Waals surface area (Å²) in [7, 11) is 0. The summed E-state index contributed by atoms with van der Waals surface area (Å²) >= 11 is 0. The van der Waals surface area contributed by atoms with Gasteiger partial charge in [0.25, 0.3) is 0 Å². The molecule has 26 heavy (non-hydrogen) atoms. The van der Waals surface area contributed by atoms with Crippen LogP contribution in [0.5, 0.6) is 0 Å². The van der Waals surface area contributed by atoms with Crippen molar-refractivity contribution in [3.63, 3.8) is 0 Å². The molecular weight excluding hydrogens is 326 g/mol. The minimum absolute atomic E-state index is 0.110. The highest BCUT2D eigenvalue weighted by Crippen LogP contribution is 2.32. The van der Waals surface area contributed by atoms with Crippen LogP contribution in [0.4, 0.5) is 5.69 Å². The highest BCUT2D eigenvalue weighted by atomic mass is 16.5. The molecule has 0 unspecified atom stereocenters. The van der Waals surface area contributed by atoms with E-state index in [4.69, 9.17) is 4.74 Å². The van der Waals surface area contributed by atoms with E-state index in [-0.39, 0.29) is 5.91 Å². The number of nitrogens with one attached hydrogen (secondary N) is 2. The van der Waals surface area contributed by atoms with Gasteiger partial charge in [-0.05, 0) is 23.0 Å². The summed E-state index contributed by atoms with van der Waals surface area (Å²) in [4.78, 5) is 14.4. The quantitative estimate of drug-likeness (QED) is 0.709. The van der Waals surface area contributed by atoms with Crippen LogP contribution in [0.2, 0.25) is 0 Å². The highest BCUT2D eigenvalue weighted by molar-refractivity contribution is 5.76. The van der Waals surface area contributed by atoms with E-state index in [9.17, 15) is 4.79 Å². The van der Waals surface area contributed by atoms with Crippen molar-refractivity contribution in [3.05, 3.63) is 29.3 Å². The van der Waals surface area contributed by atoms with Gasteiger partial charge in [-0.25, -0.2) is 0 Å². The number of ether oxygens (including phenoxy) is 1. The zero-order chi connectivity index (χ0) is 18.9. The van der Waals surface area contributed by atoms with Crippen molar-refractivity contribution < 1.29 is 9.53 Å². The van der Waals surface area contributed by atoms with Crippen molar-refractivity contribution in [3.8, 4) is 0 Å². The average Bonchev–Trinajstić information content (AvgIpc) is 2.62. The van der Waals surface area contributed by atoms with Gasteiger partial charge in [0.1, 0.15) is 0 Å². The molecule has 5 nitrogen and oxygen atoms in total. The van der Waals surface area contributed by atoms with Gasteiger partial charge in [0.2, 0.25) is 5.91 Å². The number of morpholine rings is 1. The molecule has 1 amide bonds. The molecule has 0 bridgehead atoms. The first-order valence-corrected chi connectivity index (χ1v) is 9.92. The molecule has 2 rings (SSSR count). The standard InChI is InChI=1S/C21H35N3O2/c1-16(2)18-6-5-7-19(17(3)4)21(18)23-9-8-20(25)22-10-11-24-12-14-26-15-13-24/h5-7,16-17,23H,8-15H2,1-4H3,(H,22,25). The molecule has 0 aliphatic carbocycles. The lowest BCUT2D eigenvalue weighted by molar-refractivity contribution is -0.120. The van der Waals surface area contributed by atoms with E-state index in [1.165, 1.54) is 16.8 Å². The Balaban J connectivity index is 1.78. The van der Waals surface area contributed by atoms with Gasteiger partial charge >= 0.3 is 0 Å². The number of hydrogen-bond acceptors (Lipinski definition) is 4. The van der Waals surface area contributed by atoms with Crippen LogP contribution in [0.3, 0.4) is 0 Å². The molecule has 1 aliphatic heterocycles. The summed E-state index contributed by atoms with van der Waals surface area (Å²) in [6.45, 7) is 14.6. The van der Waals surface area contributed by atoms with E-state index in [0.29, 0.717) is 31.3 Å². The largest absolute Gasteiger partial charge is 0.384 e. The predicted molar refractivity (Wildman–Crippen MR) is 108 cm³/mol. The van der Waals surface area contributed by atoms with Gasteiger partial charge in [-0.15, -0.1) is 0 Å². The van der Waals surface area contributed by atoms with E-state index < -0.39 is 0 Å². The van der Waals surface area contributed by atoms with E-state index >= 15 is 0 Å². The molecule has 146 valence electrons. The van der Waals surface area contributed by atoms with E-state index in [1.807, 2.05) is 0 Å². The molecule has 1 aromatic carbocycles. The third-order valence-electron chi connectivity index (χ3n) is 4.88. The van der Waals surface area contributed by atoms with Crippen LogP contribution in [-0.4, -0.2) is 56.7 Å². The number of rotatable bonds is 9. The number of para-hydroxylation sites is 1. The van der Waals surface area contributed by atoms with Crippen molar-refractivity contribution in [2.75, 3.05) is 51.3 Å². The lowest BCUT2D eigenvalue weighted by Gasteiger charge is -2.26. The minimum atomic E-state index is 0.110. The van der Waals surface area contributed by atoms with Crippen LogP contribution in [0.15, 0.2) is 18.2 Å².